The van der Waals surface area contributed by atoms with Crippen LogP contribution in [0.4, 0.5) is 11.4 Å². The van der Waals surface area contributed by atoms with E-state index in [-0.39, 0.29) is 11.2 Å². The van der Waals surface area contributed by atoms with Crippen LogP contribution in [0.2, 0.25) is 0 Å². The third-order valence-corrected chi connectivity index (χ3v) is 4.64. The van der Waals surface area contributed by atoms with Crippen molar-refractivity contribution < 1.29 is 4.74 Å². The summed E-state index contributed by atoms with van der Waals surface area (Å²) in [6, 6.07) is 8.25. The van der Waals surface area contributed by atoms with Gasteiger partial charge in [0.05, 0.1) is 11.2 Å². The molecule has 20 heavy (non-hydrogen) atoms. The molecule has 1 N–H and O–H groups in total. The Hall–Kier alpha value is -1.02. The van der Waals surface area contributed by atoms with E-state index in [1.807, 2.05) is 18.2 Å². The molecular weight excluding hydrogens is 246 g/mol. The number of fused-ring (bicyclic) bond motifs is 2. The molecule has 0 atom stereocenters. The van der Waals surface area contributed by atoms with Gasteiger partial charge in [-0.15, -0.1) is 0 Å². The van der Waals surface area contributed by atoms with E-state index in [4.69, 9.17) is 4.74 Å². The van der Waals surface area contributed by atoms with E-state index in [0.717, 1.165) is 25.7 Å². The predicted octanol–water partition coefficient (Wildman–Crippen LogP) is 5.90. The fourth-order valence-electron chi connectivity index (χ4n) is 2.15. The highest BCUT2D eigenvalue weighted by Crippen LogP contribution is 2.30. The Morgan fingerprint density at radius 3 is 1.35 bits per heavy atom. The summed E-state index contributed by atoms with van der Waals surface area (Å²) in [7, 11) is 0. The second-order valence-corrected chi connectivity index (χ2v) is 6.12. The number of nitrogens with one attached hydrogen (secondary N) is 1. The molecule has 2 nitrogen and oxygen atoms in total. The lowest BCUT2D eigenvalue weighted by molar-refractivity contribution is -0.146. The van der Waals surface area contributed by atoms with Gasteiger partial charge in [-0.2, -0.15) is 0 Å². The van der Waals surface area contributed by atoms with E-state index in [9.17, 15) is 0 Å². The lowest BCUT2D eigenvalue weighted by Crippen LogP contribution is -2.39. The van der Waals surface area contributed by atoms with Crippen LogP contribution in [0, 0.1) is 0 Å². The van der Waals surface area contributed by atoms with Crippen molar-refractivity contribution in [3.05, 3.63) is 24.3 Å². The van der Waals surface area contributed by atoms with Crippen molar-refractivity contribution in [1.82, 2.24) is 0 Å². The number of hydrogen-bond acceptors (Lipinski definition) is 2. The molecule has 3 rings (SSSR count). The van der Waals surface area contributed by atoms with Crippen LogP contribution in [-0.2, 0) is 4.74 Å². The standard InChI is InChI=1S/C12H26O.C6H5N/c1-7-11(5,8-2)13-12(6,9-3)10-4;1-2-5-4-6(3-1)7-5/h7-10H2,1-6H3;1-4,7H. The van der Waals surface area contributed by atoms with Crippen LogP contribution >= 0.6 is 0 Å². The Bertz CT molecular complexity index is 365. The van der Waals surface area contributed by atoms with E-state index in [1.54, 1.807) is 0 Å². The van der Waals surface area contributed by atoms with Crippen LogP contribution in [0.5, 0.6) is 0 Å². The third kappa shape index (κ3) is 4.52. The summed E-state index contributed by atoms with van der Waals surface area (Å²) in [6.07, 6.45) is 4.39. The van der Waals surface area contributed by atoms with Gasteiger partial charge in [0.15, 0.2) is 0 Å². The molecule has 2 aliphatic rings. The SMILES string of the molecule is CCC(C)(CC)OC(C)(CC)CC.c1cc2cc(c1)N2. The molecule has 0 saturated heterocycles. The number of anilines is 2. The first kappa shape index (κ1) is 17.0. The lowest BCUT2D eigenvalue weighted by Gasteiger charge is -2.39. The highest BCUT2D eigenvalue weighted by atomic mass is 16.5. The van der Waals surface area contributed by atoms with Gasteiger partial charge in [0.2, 0.25) is 0 Å². The average Bonchev–Trinajstić information content (AvgIpc) is 2.48. The largest absolute Gasteiger partial charge is 0.369 e. The van der Waals surface area contributed by atoms with Crippen molar-refractivity contribution in [3.63, 3.8) is 0 Å². The third-order valence-electron chi connectivity index (χ3n) is 4.64. The molecular formula is C18H31NO. The van der Waals surface area contributed by atoms with Gasteiger partial charge in [-0.25, -0.2) is 0 Å². The molecule has 2 bridgehead atoms. The fraction of sp³-hybridized carbons (Fsp3) is 0.667. The lowest BCUT2D eigenvalue weighted by atomic mass is 9.94. The average molecular weight is 277 g/mol. The van der Waals surface area contributed by atoms with Crippen LogP contribution in [-0.4, -0.2) is 11.2 Å². The summed E-state index contributed by atoms with van der Waals surface area (Å²) in [5, 5.41) is 3.11. The molecule has 114 valence electrons. The Morgan fingerprint density at radius 2 is 1.20 bits per heavy atom. The van der Waals surface area contributed by atoms with Crippen LogP contribution < -0.4 is 5.32 Å². The zero-order valence-electron chi connectivity index (χ0n) is 14.0. The Kier molecular flexibility index (Phi) is 6.07. The molecule has 2 heterocycles. The molecule has 1 aromatic carbocycles. The highest BCUT2D eigenvalue weighted by molar-refractivity contribution is 5.73. The summed E-state index contributed by atoms with van der Waals surface area (Å²) in [5.74, 6) is 0. The van der Waals surface area contributed by atoms with Gasteiger partial charge in [-0.1, -0.05) is 33.8 Å². The highest BCUT2D eigenvalue weighted by Gasteiger charge is 2.30. The van der Waals surface area contributed by atoms with Gasteiger partial charge in [0.25, 0.3) is 0 Å². The normalized spacial score (nSPS) is 12.9. The van der Waals surface area contributed by atoms with Gasteiger partial charge in [-0.05, 0) is 57.7 Å². The molecule has 0 unspecified atom stereocenters. The van der Waals surface area contributed by atoms with Crippen molar-refractivity contribution >= 4 is 11.4 Å². The topological polar surface area (TPSA) is 21.3 Å². The molecule has 0 fully saturated rings. The Labute approximate surface area is 124 Å². The molecule has 0 radical (unpaired) electrons. The first-order chi connectivity index (χ1) is 9.40. The summed E-state index contributed by atoms with van der Waals surface area (Å²) >= 11 is 0. The van der Waals surface area contributed by atoms with Crippen molar-refractivity contribution in [2.24, 2.45) is 0 Å². The maximum Gasteiger partial charge on any atom is 0.0656 e. The number of benzene rings is 1. The van der Waals surface area contributed by atoms with Crippen LogP contribution in [0.15, 0.2) is 24.3 Å². The summed E-state index contributed by atoms with van der Waals surface area (Å²) in [4.78, 5) is 0. The van der Waals surface area contributed by atoms with Crippen LogP contribution in [0.1, 0.15) is 67.2 Å². The summed E-state index contributed by atoms with van der Waals surface area (Å²) in [5.41, 5.74) is 2.61. The first-order valence-corrected chi connectivity index (χ1v) is 7.97. The molecule has 0 aromatic heterocycles. The van der Waals surface area contributed by atoms with Crippen molar-refractivity contribution in [2.45, 2.75) is 78.4 Å². The molecule has 2 heteroatoms. The van der Waals surface area contributed by atoms with E-state index < -0.39 is 0 Å². The molecule has 0 saturated carbocycles. The smallest absolute Gasteiger partial charge is 0.0656 e. The van der Waals surface area contributed by atoms with Crippen molar-refractivity contribution in [2.75, 3.05) is 5.32 Å². The second-order valence-electron chi connectivity index (χ2n) is 6.12. The second kappa shape index (κ2) is 7.12. The molecule has 2 aliphatic heterocycles. The minimum absolute atomic E-state index is 0.0702. The Balaban J connectivity index is 0.000000233. The van der Waals surface area contributed by atoms with E-state index in [1.165, 1.54) is 11.4 Å². The van der Waals surface area contributed by atoms with E-state index in [0.29, 0.717) is 0 Å². The summed E-state index contributed by atoms with van der Waals surface area (Å²) < 4.78 is 6.22. The Morgan fingerprint density at radius 1 is 0.850 bits per heavy atom. The van der Waals surface area contributed by atoms with Gasteiger partial charge >= 0.3 is 0 Å². The predicted molar refractivity (Wildman–Crippen MR) is 88.8 cm³/mol. The zero-order valence-corrected chi connectivity index (χ0v) is 14.0. The zero-order chi connectivity index (χ0) is 15.2. The summed E-state index contributed by atoms with van der Waals surface area (Å²) in [6.45, 7) is 13.3. The number of hydrogen-bond donors (Lipinski definition) is 1. The minimum Gasteiger partial charge on any atom is -0.369 e. The molecule has 0 aliphatic carbocycles. The van der Waals surface area contributed by atoms with E-state index >= 15 is 0 Å². The van der Waals surface area contributed by atoms with E-state index in [2.05, 4.69) is 52.9 Å². The maximum atomic E-state index is 6.22. The molecule has 0 amide bonds. The van der Waals surface area contributed by atoms with Gasteiger partial charge in [0.1, 0.15) is 0 Å². The molecule has 1 aromatic rings. The fourth-order valence-corrected chi connectivity index (χ4v) is 2.15. The van der Waals surface area contributed by atoms with Crippen LogP contribution in [0.25, 0.3) is 0 Å². The van der Waals surface area contributed by atoms with Crippen molar-refractivity contribution in [3.8, 4) is 0 Å². The monoisotopic (exact) mass is 277 g/mol. The number of rotatable bonds is 6. The van der Waals surface area contributed by atoms with Gasteiger partial charge in [0, 0.05) is 11.4 Å². The van der Waals surface area contributed by atoms with Crippen LogP contribution in [0.3, 0.4) is 0 Å². The number of ether oxygens (including phenoxy) is 1. The maximum absolute atomic E-state index is 6.22. The first-order valence-electron chi connectivity index (χ1n) is 7.97. The van der Waals surface area contributed by atoms with Gasteiger partial charge in [-0.3, -0.25) is 0 Å². The minimum atomic E-state index is 0.0702. The quantitative estimate of drug-likeness (QED) is 0.709. The van der Waals surface area contributed by atoms with Crippen molar-refractivity contribution in [1.29, 1.82) is 0 Å². The molecule has 0 spiro atoms. The van der Waals surface area contributed by atoms with Gasteiger partial charge < -0.3 is 10.1 Å².